The van der Waals surface area contributed by atoms with Gasteiger partial charge in [-0.3, -0.25) is 14.5 Å². The summed E-state index contributed by atoms with van der Waals surface area (Å²) in [6.45, 7) is 5.97. The Morgan fingerprint density at radius 3 is 2.61 bits per heavy atom. The second-order valence-corrected chi connectivity index (χ2v) is 8.23. The first-order valence-electron chi connectivity index (χ1n) is 10.4. The minimum Gasteiger partial charge on any atom is -0.353 e. The molecule has 2 fully saturated rings. The molecule has 0 aromatic heterocycles. The molecule has 5 heteroatoms. The number of rotatable bonds is 4. The van der Waals surface area contributed by atoms with Crippen molar-refractivity contribution in [3.63, 3.8) is 0 Å². The van der Waals surface area contributed by atoms with E-state index in [-0.39, 0.29) is 24.3 Å². The van der Waals surface area contributed by atoms with Crippen molar-refractivity contribution in [2.45, 2.75) is 38.8 Å². The molecule has 28 heavy (non-hydrogen) atoms. The predicted molar refractivity (Wildman–Crippen MR) is 111 cm³/mol. The third-order valence-electron chi connectivity index (χ3n) is 6.15. The van der Waals surface area contributed by atoms with Gasteiger partial charge in [0.1, 0.15) is 0 Å². The number of carbonyl (C=O) groups excluding carboxylic acids is 2. The fourth-order valence-electron chi connectivity index (χ4n) is 4.30. The fraction of sp³-hybridized carbons (Fsp3) is 0.478. The average molecular weight is 380 g/mol. The minimum absolute atomic E-state index is 0.0224. The van der Waals surface area contributed by atoms with Crippen molar-refractivity contribution in [1.82, 2.24) is 15.1 Å². The van der Waals surface area contributed by atoms with E-state index < -0.39 is 0 Å². The van der Waals surface area contributed by atoms with Gasteiger partial charge in [-0.25, -0.2) is 0 Å². The molecule has 1 unspecified atom stereocenters. The Balaban J connectivity index is 1.46. The molecule has 0 aliphatic carbocycles. The second kappa shape index (κ2) is 8.31. The summed E-state index contributed by atoms with van der Waals surface area (Å²) in [6.07, 6.45) is 2.39. The van der Waals surface area contributed by atoms with Crippen LogP contribution in [0.1, 0.15) is 31.7 Å². The first-order valence-corrected chi connectivity index (χ1v) is 10.4. The summed E-state index contributed by atoms with van der Waals surface area (Å²) in [7, 11) is 0. The maximum Gasteiger partial charge on any atom is 0.237 e. The predicted octanol–water partition coefficient (Wildman–Crippen LogP) is 2.79. The number of hydrogen-bond donors (Lipinski definition) is 1. The molecule has 2 aromatic rings. The number of hydrogen-bond acceptors (Lipinski definition) is 3. The third-order valence-corrected chi connectivity index (χ3v) is 6.15. The van der Waals surface area contributed by atoms with Crippen LogP contribution in [0.25, 0.3) is 10.8 Å². The summed E-state index contributed by atoms with van der Waals surface area (Å²) in [4.78, 5) is 29.5. The van der Waals surface area contributed by atoms with Crippen LogP contribution in [0.15, 0.2) is 42.5 Å². The van der Waals surface area contributed by atoms with Crippen LogP contribution in [0.2, 0.25) is 0 Å². The average Bonchev–Trinajstić information content (AvgIpc) is 2.71. The molecule has 0 radical (unpaired) electrons. The highest BCUT2D eigenvalue weighted by atomic mass is 16.2. The van der Waals surface area contributed by atoms with E-state index in [1.165, 1.54) is 16.3 Å². The number of carbonyl (C=O) groups is 2. The summed E-state index contributed by atoms with van der Waals surface area (Å²) in [5.74, 6) is 0.773. The van der Waals surface area contributed by atoms with Crippen LogP contribution in [-0.4, -0.2) is 53.8 Å². The molecule has 0 saturated carbocycles. The van der Waals surface area contributed by atoms with Gasteiger partial charge in [-0.05, 0) is 41.2 Å². The Morgan fingerprint density at radius 2 is 1.82 bits per heavy atom. The number of nitrogens with zero attached hydrogens (tertiary/aromatic N) is 2. The smallest absolute Gasteiger partial charge is 0.237 e. The topological polar surface area (TPSA) is 52.7 Å². The lowest BCUT2D eigenvalue weighted by Crippen LogP contribution is -2.56. The summed E-state index contributed by atoms with van der Waals surface area (Å²) in [6, 6.07) is 14.4. The molecule has 0 spiro atoms. The van der Waals surface area contributed by atoms with Gasteiger partial charge in [-0.2, -0.15) is 0 Å². The van der Waals surface area contributed by atoms with Crippen molar-refractivity contribution in [3.05, 3.63) is 48.0 Å². The van der Waals surface area contributed by atoms with E-state index in [0.717, 1.165) is 32.5 Å². The van der Waals surface area contributed by atoms with Crippen molar-refractivity contribution < 1.29 is 9.59 Å². The summed E-state index contributed by atoms with van der Waals surface area (Å²) in [5, 5.41) is 5.36. The van der Waals surface area contributed by atoms with E-state index in [4.69, 9.17) is 0 Å². The van der Waals surface area contributed by atoms with Crippen molar-refractivity contribution in [3.8, 4) is 0 Å². The summed E-state index contributed by atoms with van der Waals surface area (Å²) >= 11 is 0. The Hall–Kier alpha value is -2.40. The highest BCUT2D eigenvalue weighted by Gasteiger charge is 2.33. The van der Waals surface area contributed by atoms with Gasteiger partial charge in [0.15, 0.2) is 0 Å². The SMILES string of the molecule is CC1CCN(C(=O)CC2C(=O)NCCN2Cc2ccc3ccccc3c2)CC1. The van der Waals surface area contributed by atoms with Gasteiger partial charge in [0, 0.05) is 32.7 Å². The van der Waals surface area contributed by atoms with Gasteiger partial charge in [-0.1, -0.05) is 43.3 Å². The maximum atomic E-state index is 12.8. The molecule has 2 aliphatic heterocycles. The number of piperidine rings is 1. The molecule has 5 nitrogen and oxygen atoms in total. The molecule has 0 bridgehead atoms. The molecule has 1 atom stereocenters. The first kappa shape index (κ1) is 18.9. The highest BCUT2D eigenvalue weighted by molar-refractivity contribution is 5.89. The molecule has 4 rings (SSSR count). The van der Waals surface area contributed by atoms with Crippen LogP contribution in [0.5, 0.6) is 0 Å². The molecular formula is C23H29N3O2. The zero-order chi connectivity index (χ0) is 19.5. The zero-order valence-corrected chi connectivity index (χ0v) is 16.6. The van der Waals surface area contributed by atoms with Crippen LogP contribution < -0.4 is 5.32 Å². The molecule has 2 saturated heterocycles. The molecule has 2 aliphatic rings. The number of fused-ring (bicyclic) bond motifs is 1. The first-order chi connectivity index (χ1) is 13.6. The van der Waals surface area contributed by atoms with Gasteiger partial charge in [0.05, 0.1) is 12.5 Å². The number of nitrogens with one attached hydrogen (secondary N) is 1. The third kappa shape index (κ3) is 4.20. The minimum atomic E-state index is -0.382. The lowest BCUT2D eigenvalue weighted by Gasteiger charge is -2.37. The monoisotopic (exact) mass is 379 g/mol. The van der Waals surface area contributed by atoms with Crippen molar-refractivity contribution in [2.24, 2.45) is 5.92 Å². The quantitative estimate of drug-likeness (QED) is 0.889. The summed E-state index contributed by atoms with van der Waals surface area (Å²) < 4.78 is 0. The van der Waals surface area contributed by atoms with Crippen LogP contribution >= 0.6 is 0 Å². The van der Waals surface area contributed by atoms with Crippen molar-refractivity contribution in [2.75, 3.05) is 26.2 Å². The highest BCUT2D eigenvalue weighted by Crippen LogP contribution is 2.21. The van der Waals surface area contributed by atoms with Crippen LogP contribution in [0, 0.1) is 5.92 Å². The molecular weight excluding hydrogens is 350 g/mol. The zero-order valence-electron chi connectivity index (χ0n) is 16.6. The van der Waals surface area contributed by atoms with E-state index in [0.29, 0.717) is 19.0 Å². The van der Waals surface area contributed by atoms with Crippen LogP contribution in [0.3, 0.4) is 0 Å². The maximum absolute atomic E-state index is 12.8. The molecule has 2 amide bonds. The van der Waals surface area contributed by atoms with Crippen molar-refractivity contribution in [1.29, 1.82) is 0 Å². The largest absolute Gasteiger partial charge is 0.353 e. The number of amides is 2. The van der Waals surface area contributed by atoms with E-state index in [1.54, 1.807) is 0 Å². The molecule has 148 valence electrons. The second-order valence-electron chi connectivity index (χ2n) is 8.23. The van der Waals surface area contributed by atoms with Crippen molar-refractivity contribution >= 4 is 22.6 Å². The van der Waals surface area contributed by atoms with E-state index in [9.17, 15) is 9.59 Å². The van der Waals surface area contributed by atoms with Crippen LogP contribution in [0.4, 0.5) is 0 Å². The summed E-state index contributed by atoms with van der Waals surface area (Å²) in [5.41, 5.74) is 1.18. The Kier molecular flexibility index (Phi) is 5.62. The molecule has 2 heterocycles. The van der Waals surface area contributed by atoms with Gasteiger partial charge in [0.2, 0.25) is 11.8 Å². The Labute approximate surface area is 166 Å². The normalized spacial score (nSPS) is 21.7. The van der Waals surface area contributed by atoms with Gasteiger partial charge < -0.3 is 10.2 Å². The lowest BCUT2D eigenvalue weighted by atomic mass is 9.98. The standard InChI is InChI=1S/C23H29N3O2/c1-17-8-11-25(12-9-17)22(27)15-21-23(28)24-10-13-26(21)16-18-6-7-19-4-2-3-5-20(19)14-18/h2-7,14,17,21H,8-13,15-16H2,1H3,(H,24,28). The molecule has 2 aromatic carbocycles. The van der Waals surface area contributed by atoms with E-state index in [1.807, 2.05) is 17.0 Å². The van der Waals surface area contributed by atoms with E-state index >= 15 is 0 Å². The van der Waals surface area contributed by atoms with Gasteiger partial charge in [0.25, 0.3) is 0 Å². The van der Waals surface area contributed by atoms with Gasteiger partial charge >= 0.3 is 0 Å². The Morgan fingerprint density at radius 1 is 1.07 bits per heavy atom. The van der Waals surface area contributed by atoms with Gasteiger partial charge in [-0.15, -0.1) is 0 Å². The van der Waals surface area contributed by atoms with Crippen LogP contribution in [-0.2, 0) is 16.1 Å². The number of likely N-dealkylation sites (tertiary alicyclic amines) is 1. The number of benzene rings is 2. The fourth-order valence-corrected chi connectivity index (χ4v) is 4.30. The Bertz CT molecular complexity index is 858. The number of piperazine rings is 1. The molecule has 1 N–H and O–H groups in total. The van der Waals surface area contributed by atoms with E-state index in [2.05, 4.69) is 47.5 Å². The lowest BCUT2D eigenvalue weighted by molar-refractivity contribution is -0.140.